The lowest BCUT2D eigenvalue weighted by atomic mass is 10.3. The van der Waals surface area contributed by atoms with Crippen molar-refractivity contribution >= 4 is 30.8 Å². The lowest BCUT2D eigenvalue weighted by molar-refractivity contribution is 0.602. The summed E-state index contributed by atoms with van der Waals surface area (Å²) in [5.74, 6) is 0.123. The van der Waals surface area contributed by atoms with E-state index in [4.69, 9.17) is 10.7 Å². The van der Waals surface area contributed by atoms with Crippen LogP contribution in [0.1, 0.15) is 0 Å². The molecule has 0 fully saturated rings. The van der Waals surface area contributed by atoms with Crippen molar-refractivity contribution in [3.63, 3.8) is 0 Å². The Labute approximate surface area is 112 Å². The van der Waals surface area contributed by atoms with Gasteiger partial charge in [0.2, 0.25) is 5.82 Å². The van der Waals surface area contributed by atoms with Gasteiger partial charge in [0.05, 0.1) is 17.2 Å². The average Bonchev–Trinajstić information content (AvgIpc) is 2.87. The van der Waals surface area contributed by atoms with E-state index in [2.05, 4.69) is 25.1 Å². The predicted molar refractivity (Wildman–Crippen MR) is 68.0 cm³/mol. The normalized spacial score (nSPS) is 11.8. The standard InChI is InChI=1S/C10H6ClN5O2S/c11-19(17,18)10-14-9(15-16-10)8-5-12-6-3-1-2-4-7(6)13-8/h1-5H,(H,14,15,16). The van der Waals surface area contributed by atoms with Crippen molar-refractivity contribution < 1.29 is 8.42 Å². The zero-order valence-corrected chi connectivity index (χ0v) is 10.9. The molecule has 0 aliphatic heterocycles. The largest absolute Gasteiger partial charge is 0.296 e. The maximum Gasteiger partial charge on any atom is 0.296 e. The van der Waals surface area contributed by atoms with Gasteiger partial charge in [-0.3, -0.25) is 4.98 Å². The van der Waals surface area contributed by atoms with Crippen molar-refractivity contribution in [1.29, 1.82) is 0 Å². The van der Waals surface area contributed by atoms with E-state index in [0.717, 1.165) is 5.52 Å². The van der Waals surface area contributed by atoms with Crippen LogP contribution in [0.25, 0.3) is 22.6 Å². The summed E-state index contributed by atoms with van der Waals surface area (Å²) in [6.07, 6.45) is 1.47. The number of nitrogens with one attached hydrogen (secondary N) is 1. The fourth-order valence-corrected chi connectivity index (χ4v) is 2.09. The van der Waals surface area contributed by atoms with E-state index in [1.165, 1.54) is 6.20 Å². The van der Waals surface area contributed by atoms with Crippen LogP contribution in [0.4, 0.5) is 0 Å². The van der Waals surface area contributed by atoms with Crippen LogP contribution in [0.15, 0.2) is 35.6 Å². The Hall–Kier alpha value is -2.06. The van der Waals surface area contributed by atoms with Crippen molar-refractivity contribution in [3.8, 4) is 11.5 Å². The Balaban J connectivity index is 2.11. The minimum atomic E-state index is -3.94. The van der Waals surface area contributed by atoms with E-state index < -0.39 is 14.2 Å². The molecule has 2 aromatic heterocycles. The monoisotopic (exact) mass is 295 g/mol. The smallest absolute Gasteiger partial charge is 0.252 e. The summed E-state index contributed by atoms with van der Waals surface area (Å²) in [7, 11) is 1.22. The van der Waals surface area contributed by atoms with Crippen molar-refractivity contribution in [3.05, 3.63) is 30.5 Å². The van der Waals surface area contributed by atoms with Crippen LogP contribution in [0.3, 0.4) is 0 Å². The summed E-state index contributed by atoms with van der Waals surface area (Å²) in [5, 5.41) is 5.58. The third-order valence-electron chi connectivity index (χ3n) is 2.37. The summed E-state index contributed by atoms with van der Waals surface area (Å²) in [5.41, 5.74) is 1.76. The van der Waals surface area contributed by atoms with Gasteiger partial charge >= 0.3 is 0 Å². The molecule has 1 N–H and O–H groups in total. The molecule has 1 aromatic carbocycles. The summed E-state index contributed by atoms with van der Waals surface area (Å²) < 4.78 is 22.2. The van der Waals surface area contributed by atoms with Gasteiger partial charge in [-0.1, -0.05) is 12.1 Å². The molecular formula is C10H6ClN5O2S. The van der Waals surface area contributed by atoms with E-state index in [0.29, 0.717) is 11.2 Å². The number of halogens is 1. The van der Waals surface area contributed by atoms with Gasteiger partial charge in [-0.15, -0.1) is 0 Å². The molecule has 9 heteroatoms. The van der Waals surface area contributed by atoms with Gasteiger partial charge in [-0.25, -0.2) is 18.5 Å². The minimum absolute atomic E-state index is 0.123. The summed E-state index contributed by atoms with van der Waals surface area (Å²) in [6.45, 7) is 0. The number of benzene rings is 1. The Kier molecular flexibility index (Phi) is 2.68. The molecule has 0 radical (unpaired) electrons. The highest BCUT2D eigenvalue weighted by Crippen LogP contribution is 2.17. The van der Waals surface area contributed by atoms with E-state index in [9.17, 15) is 8.42 Å². The van der Waals surface area contributed by atoms with Crippen LogP contribution < -0.4 is 0 Å². The second kappa shape index (κ2) is 4.25. The predicted octanol–water partition coefficient (Wildman–Crippen LogP) is 1.34. The number of hydrogen-bond donors (Lipinski definition) is 1. The molecule has 0 aliphatic carbocycles. The van der Waals surface area contributed by atoms with E-state index in [1.54, 1.807) is 6.07 Å². The Bertz CT molecular complexity index is 861. The summed E-state index contributed by atoms with van der Waals surface area (Å²) in [4.78, 5) is 12.3. The maximum absolute atomic E-state index is 11.1. The highest BCUT2D eigenvalue weighted by Gasteiger charge is 2.17. The summed E-state index contributed by atoms with van der Waals surface area (Å²) >= 11 is 0. The molecule has 3 rings (SSSR count). The molecule has 96 valence electrons. The van der Waals surface area contributed by atoms with E-state index >= 15 is 0 Å². The van der Waals surface area contributed by atoms with Crippen LogP contribution in [0.5, 0.6) is 0 Å². The number of rotatable bonds is 2. The van der Waals surface area contributed by atoms with Gasteiger partial charge in [-0.05, 0) is 12.1 Å². The topological polar surface area (TPSA) is 101 Å². The molecule has 0 saturated heterocycles. The quantitative estimate of drug-likeness (QED) is 0.716. The molecule has 0 bridgehead atoms. The third-order valence-corrected chi connectivity index (χ3v) is 3.46. The molecule has 0 aliphatic rings. The molecule has 3 aromatic rings. The fraction of sp³-hybridized carbons (Fsp3) is 0. The number of hydrogen-bond acceptors (Lipinski definition) is 6. The number of para-hydroxylation sites is 2. The van der Waals surface area contributed by atoms with Crippen LogP contribution in [-0.4, -0.2) is 33.6 Å². The van der Waals surface area contributed by atoms with Crippen LogP contribution in [-0.2, 0) is 9.05 Å². The van der Waals surface area contributed by atoms with Gasteiger partial charge < -0.3 is 0 Å². The van der Waals surface area contributed by atoms with Crippen molar-refractivity contribution in [2.24, 2.45) is 0 Å². The number of nitrogens with zero attached hydrogens (tertiary/aromatic N) is 4. The first kappa shape index (κ1) is 12.0. The van der Waals surface area contributed by atoms with Crippen LogP contribution >= 0.6 is 10.7 Å². The molecular weight excluding hydrogens is 290 g/mol. The molecule has 0 atom stereocenters. The molecule has 0 saturated carbocycles. The highest BCUT2D eigenvalue weighted by atomic mass is 35.7. The number of fused-ring (bicyclic) bond motifs is 1. The third kappa shape index (κ3) is 2.27. The van der Waals surface area contributed by atoms with Crippen LogP contribution in [0, 0.1) is 0 Å². The molecule has 19 heavy (non-hydrogen) atoms. The molecule has 7 nitrogen and oxygen atoms in total. The van der Waals surface area contributed by atoms with Gasteiger partial charge in [-0.2, -0.15) is 10.1 Å². The zero-order valence-electron chi connectivity index (χ0n) is 9.28. The minimum Gasteiger partial charge on any atom is -0.252 e. The Morgan fingerprint density at radius 1 is 1.11 bits per heavy atom. The lowest BCUT2D eigenvalue weighted by Crippen LogP contribution is -1.93. The van der Waals surface area contributed by atoms with Gasteiger partial charge in [0.1, 0.15) is 5.69 Å². The van der Waals surface area contributed by atoms with Crippen molar-refractivity contribution in [2.45, 2.75) is 5.16 Å². The first-order valence-corrected chi connectivity index (χ1v) is 7.44. The highest BCUT2D eigenvalue weighted by molar-refractivity contribution is 8.13. The number of aromatic amines is 1. The van der Waals surface area contributed by atoms with Gasteiger partial charge in [0, 0.05) is 10.7 Å². The Morgan fingerprint density at radius 2 is 1.84 bits per heavy atom. The molecule has 0 amide bonds. The van der Waals surface area contributed by atoms with Gasteiger partial charge in [0.15, 0.2) is 0 Å². The first-order valence-electron chi connectivity index (χ1n) is 5.13. The second-order valence-corrected chi connectivity index (χ2v) is 6.13. The zero-order chi connectivity index (χ0) is 13.5. The molecule has 0 unspecified atom stereocenters. The molecule has 2 heterocycles. The van der Waals surface area contributed by atoms with Crippen LogP contribution in [0.2, 0.25) is 0 Å². The van der Waals surface area contributed by atoms with E-state index in [1.807, 2.05) is 18.2 Å². The first-order chi connectivity index (χ1) is 9.04. The number of aromatic nitrogens is 5. The fourth-order valence-electron chi connectivity index (χ4n) is 1.54. The average molecular weight is 296 g/mol. The number of H-pyrrole nitrogens is 1. The van der Waals surface area contributed by atoms with Crippen molar-refractivity contribution in [1.82, 2.24) is 25.1 Å². The Morgan fingerprint density at radius 3 is 2.53 bits per heavy atom. The molecule has 0 spiro atoms. The van der Waals surface area contributed by atoms with E-state index in [-0.39, 0.29) is 5.82 Å². The SMILES string of the molecule is O=S(=O)(Cl)c1nc(-c2cnc3ccccc3n2)n[nH]1. The maximum atomic E-state index is 11.1. The lowest BCUT2D eigenvalue weighted by Gasteiger charge is -1.97. The second-order valence-electron chi connectivity index (χ2n) is 3.65. The summed E-state index contributed by atoms with van der Waals surface area (Å²) in [6, 6.07) is 7.28. The van der Waals surface area contributed by atoms with Gasteiger partial charge in [0.25, 0.3) is 14.2 Å². The van der Waals surface area contributed by atoms with Crippen molar-refractivity contribution in [2.75, 3.05) is 0 Å².